The van der Waals surface area contributed by atoms with Crippen LogP contribution in [0.3, 0.4) is 0 Å². The fourth-order valence-corrected chi connectivity index (χ4v) is 2.44. The largest absolute Gasteiger partial charge is 0.382 e. The molecule has 0 aromatic carbocycles. The SMILES string of the molecule is C=NNC(=NCc1nc(-c2cccnc2)cnc1N)C1=CC=CCC1. The number of nitrogen functional groups attached to an aromatic ring is 1. The molecule has 25 heavy (non-hydrogen) atoms. The molecule has 0 spiro atoms. The minimum atomic E-state index is 0.297. The number of nitrogens with one attached hydrogen (secondary N) is 1. The summed E-state index contributed by atoms with van der Waals surface area (Å²) in [6, 6.07) is 3.78. The molecule has 2 aromatic heterocycles. The van der Waals surface area contributed by atoms with Crippen LogP contribution in [0.4, 0.5) is 5.82 Å². The van der Waals surface area contributed by atoms with Crippen molar-refractivity contribution in [3.05, 3.63) is 60.2 Å². The van der Waals surface area contributed by atoms with Gasteiger partial charge >= 0.3 is 0 Å². The average molecular weight is 333 g/mol. The van der Waals surface area contributed by atoms with Gasteiger partial charge in [0.25, 0.3) is 0 Å². The normalized spacial score (nSPS) is 14.1. The number of nitrogens with two attached hydrogens (primary N) is 1. The number of hydrogen-bond acceptors (Lipinski definition) is 6. The Kier molecular flexibility index (Phi) is 5.26. The topological polar surface area (TPSA) is 101 Å². The zero-order valence-corrected chi connectivity index (χ0v) is 13.8. The van der Waals surface area contributed by atoms with E-state index < -0.39 is 0 Å². The molecule has 2 aromatic rings. The number of amidine groups is 1. The quantitative estimate of drug-likeness (QED) is 0.497. The fourth-order valence-electron chi connectivity index (χ4n) is 2.44. The second kappa shape index (κ2) is 7.96. The molecule has 0 radical (unpaired) electrons. The van der Waals surface area contributed by atoms with Crippen molar-refractivity contribution in [2.45, 2.75) is 19.4 Å². The predicted octanol–water partition coefficient (Wildman–Crippen LogP) is 2.50. The summed E-state index contributed by atoms with van der Waals surface area (Å²) in [5, 5.41) is 3.74. The van der Waals surface area contributed by atoms with Gasteiger partial charge in [-0.25, -0.2) is 9.97 Å². The Morgan fingerprint density at radius 1 is 1.36 bits per heavy atom. The second-order valence-corrected chi connectivity index (χ2v) is 5.42. The fraction of sp³-hybridized carbons (Fsp3) is 0.167. The van der Waals surface area contributed by atoms with E-state index in [1.54, 1.807) is 18.6 Å². The number of aromatic nitrogens is 3. The zero-order valence-electron chi connectivity index (χ0n) is 13.8. The molecule has 3 rings (SSSR count). The lowest BCUT2D eigenvalue weighted by Crippen LogP contribution is -2.21. The van der Waals surface area contributed by atoms with Gasteiger partial charge in [-0.05, 0) is 30.5 Å². The van der Waals surface area contributed by atoms with Crippen LogP contribution >= 0.6 is 0 Å². The first kappa shape index (κ1) is 16.5. The summed E-state index contributed by atoms with van der Waals surface area (Å²) in [6.45, 7) is 3.77. The number of allylic oxidation sites excluding steroid dienone is 3. The third-order valence-corrected chi connectivity index (χ3v) is 3.72. The highest BCUT2D eigenvalue weighted by Gasteiger charge is 2.10. The molecule has 2 heterocycles. The first-order valence-electron chi connectivity index (χ1n) is 7.92. The van der Waals surface area contributed by atoms with E-state index in [2.05, 4.69) is 43.3 Å². The van der Waals surface area contributed by atoms with Crippen LogP contribution in [0.2, 0.25) is 0 Å². The number of aliphatic imine (C=N–C) groups is 1. The van der Waals surface area contributed by atoms with Gasteiger partial charge in [-0.3, -0.25) is 15.4 Å². The van der Waals surface area contributed by atoms with E-state index in [-0.39, 0.29) is 0 Å². The van der Waals surface area contributed by atoms with Gasteiger partial charge in [0, 0.05) is 24.7 Å². The zero-order chi connectivity index (χ0) is 17.5. The van der Waals surface area contributed by atoms with Crippen molar-refractivity contribution < 1.29 is 0 Å². The van der Waals surface area contributed by atoms with E-state index >= 15 is 0 Å². The summed E-state index contributed by atoms with van der Waals surface area (Å²) >= 11 is 0. The van der Waals surface area contributed by atoms with Crippen molar-refractivity contribution >= 4 is 18.4 Å². The van der Waals surface area contributed by atoms with Crippen LogP contribution < -0.4 is 11.2 Å². The molecule has 126 valence electrons. The highest BCUT2D eigenvalue weighted by molar-refractivity contribution is 5.98. The number of hydrazone groups is 1. The van der Waals surface area contributed by atoms with Gasteiger partial charge in [0.05, 0.1) is 18.4 Å². The minimum Gasteiger partial charge on any atom is -0.382 e. The van der Waals surface area contributed by atoms with Crippen LogP contribution in [0.5, 0.6) is 0 Å². The molecular weight excluding hydrogens is 314 g/mol. The van der Waals surface area contributed by atoms with Crippen molar-refractivity contribution in [1.82, 2.24) is 20.4 Å². The molecule has 0 saturated carbocycles. The maximum atomic E-state index is 5.97. The third-order valence-electron chi connectivity index (χ3n) is 3.72. The molecule has 1 aliphatic carbocycles. The number of hydrogen-bond donors (Lipinski definition) is 2. The molecular formula is C18H19N7. The average Bonchev–Trinajstić information content (AvgIpc) is 2.67. The molecule has 0 aliphatic heterocycles. The van der Waals surface area contributed by atoms with E-state index in [1.807, 2.05) is 24.3 Å². The Morgan fingerprint density at radius 3 is 3.00 bits per heavy atom. The van der Waals surface area contributed by atoms with Gasteiger partial charge in [-0.1, -0.05) is 18.2 Å². The van der Waals surface area contributed by atoms with Crippen LogP contribution in [0.1, 0.15) is 18.5 Å². The smallest absolute Gasteiger partial charge is 0.147 e. The highest BCUT2D eigenvalue weighted by atomic mass is 15.3. The monoisotopic (exact) mass is 333 g/mol. The first-order valence-corrected chi connectivity index (χ1v) is 7.92. The van der Waals surface area contributed by atoms with Gasteiger partial charge in [0.1, 0.15) is 17.3 Å². The van der Waals surface area contributed by atoms with E-state index in [1.165, 1.54) is 0 Å². The van der Waals surface area contributed by atoms with E-state index in [0.29, 0.717) is 29.6 Å². The van der Waals surface area contributed by atoms with E-state index in [4.69, 9.17) is 5.73 Å². The molecule has 0 bridgehead atoms. The summed E-state index contributed by atoms with van der Waals surface area (Å²) in [5.41, 5.74) is 12.1. The predicted molar refractivity (Wildman–Crippen MR) is 100.0 cm³/mol. The van der Waals surface area contributed by atoms with Crippen molar-refractivity contribution in [2.75, 3.05) is 5.73 Å². The van der Waals surface area contributed by atoms with Gasteiger partial charge in [-0.2, -0.15) is 5.10 Å². The number of nitrogens with zero attached hydrogens (tertiary/aromatic N) is 5. The maximum Gasteiger partial charge on any atom is 0.147 e. The summed E-state index contributed by atoms with van der Waals surface area (Å²) in [4.78, 5) is 17.5. The minimum absolute atomic E-state index is 0.297. The molecule has 0 fully saturated rings. The van der Waals surface area contributed by atoms with Crippen LogP contribution in [0.25, 0.3) is 11.3 Å². The van der Waals surface area contributed by atoms with E-state index in [0.717, 1.165) is 24.0 Å². The van der Waals surface area contributed by atoms with Crippen LogP contribution in [0, 0.1) is 0 Å². The Bertz CT molecular complexity index is 838. The standard InChI is InChI=1S/C18H19N7/c1-20-25-18(13-6-3-2-4-7-13)23-12-16-17(19)22-11-15(24-16)14-8-5-9-21-10-14/h2-3,5-6,8-11H,1,4,7,12H2,(H2,19,22)(H,23,25). The highest BCUT2D eigenvalue weighted by Crippen LogP contribution is 2.18. The van der Waals surface area contributed by atoms with Gasteiger partial charge in [0.15, 0.2) is 0 Å². The Labute approximate surface area is 146 Å². The Hall–Kier alpha value is -3.35. The molecule has 0 unspecified atom stereocenters. The molecule has 0 saturated heterocycles. The maximum absolute atomic E-state index is 5.97. The molecule has 7 nitrogen and oxygen atoms in total. The van der Waals surface area contributed by atoms with E-state index in [9.17, 15) is 0 Å². The van der Waals surface area contributed by atoms with Gasteiger partial charge in [-0.15, -0.1) is 0 Å². The third kappa shape index (κ3) is 4.14. The Morgan fingerprint density at radius 2 is 2.28 bits per heavy atom. The lowest BCUT2D eigenvalue weighted by atomic mass is 10.0. The number of rotatable bonds is 5. The van der Waals surface area contributed by atoms with Crippen molar-refractivity contribution in [3.63, 3.8) is 0 Å². The Balaban J connectivity index is 1.87. The number of pyridine rings is 1. The van der Waals surface area contributed by atoms with Crippen LogP contribution in [-0.4, -0.2) is 27.5 Å². The summed E-state index contributed by atoms with van der Waals surface area (Å²) in [5.74, 6) is 1.03. The summed E-state index contributed by atoms with van der Waals surface area (Å²) in [7, 11) is 0. The molecule has 1 aliphatic rings. The van der Waals surface area contributed by atoms with Gasteiger partial charge < -0.3 is 5.73 Å². The second-order valence-electron chi connectivity index (χ2n) is 5.42. The van der Waals surface area contributed by atoms with Crippen LogP contribution in [0.15, 0.2) is 64.6 Å². The lowest BCUT2D eigenvalue weighted by Gasteiger charge is -2.12. The van der Waals surface area contributed by atoms with Crippen LogP contribution in [-0.2, 0) is 6.54 Å². The van der Waals surface area contributed by atoms with Gasteiger partial charge in [0.2, 0.25) is 0 Å². The van der Waals surface area contributed by atoms with Crippen molar-refractivity contribution in [2.24, 2.45) is 10.1 Å². The number of anilines is 1. The molecule has 3 N–H and O–H groups in total. The van der Waals surface area contributed by atoms with Crippen molar-refractivity contribution in [3.8, 4) is 11.3 Å². The molecule has 7 heteroatoms. The first-order chi connectivity index (χ1) is 12.3. The molecule has 0 atom stereocenters. The van der Waals surface area contributed by atoms with Crippen molar-refractivity contribution in [1.29, 1.82) is 0 Å². The lowest BCUT2D eigenvalue weighted by molar-refractivity contribution is 0.913. The summed E-state index contributed by atoms with van der Waals surface area (Å²) in [6.07, 6.45) is 13.1. The summed E-state index contributed by atoms with van der Waals surface area (Å²) < 4.78 is 0. The molecule has 0 amide bonds.